The van der Waals surface area contributed by atoms with Crippen molar-refractivity contribution in [1.82, 2.24) is 4.31 Å². The van der Waals surface area contributed by atoms with Crippen LogP contribution in [-0.2, 0) is 14.8 Å². The van der Waals surface area contributed by atoms with Crippen LogP contribution in [0, 0.1) is 17.0 Å². The first-order valence-electron chi connectivity index (χ1n) is 5.67. The minimum atomic E-state index is -3.99. The number of sulfonamides is 1. The average Bonchev–Trinajstić information content (AvgIpc) is 2.34. The molecule has 0 saturated heterocycles. The number of rotatable bonds is 6. The first kappa shape index (κ1) is 16.1. The molecule has 0 amide bonds. The van der Waals surface area contributed by atoms with E-state index in [0.717, 1.165) is 22.5 Å². The van der Waals surface area contributed by atoms with Gasteiger partial charge in [-0.2, -0.15) is 4.31 Å². The molecule has 9 heteroatoms. The maximum absolute atomic E-state index is 12.3. The number of non-ortho nitro benzene ring substituents is 1. The van der Waals surface area contributed by atoms with Crippen molar-refractivity contribution >= 4 is 21.7 Å². The highest BCUT2D eigenvalue weighted by Gasteiger charge is 2.27. The number of nitrogens with zero attached hydrogens (tertiary/aromatic N) is 2. The number of nitro groups is 1. The Morgan fingerprint density at radius 3 is 2.45 bits per heavy atom. The van der Waals surface area contributed by atoms with Crippen LogP contribution >= 0.6 is 0 Å². The monoisotopic (exact) mass is 302 g/mol. The van der Waals surface area contributed by atoms with Gasteiger partial charge in [-0.3, -0.25) is 14.9 Å². The van der Waals surface area contributed by atoms with Crippen molar-refractivity contribution in [2.75, 3.05) is 13.1 Å². The molecule has 20 heavy (non-hydrogen) atoms. The van der Waals surface area contributed by atoms with E-state index in [1.165, 1.54) is 13.8 Å². The van der Waals surface area contributed by atoms with Crippen LogP contribution in [0.5, 0.6) is 0 Å². The number of hydrogen-bond acceptors (Lipinski definition) is 5. The fraction of sp³-hybridized carbons (Fsp3) is 0.364. The smallest absolute Gasteiger partial charge is 0.318 e. The van der Waals surface area contributed by atoms with Gasteiger partial charge in [0, 0.05) is 18.7 Å². The van der Waals surface area contributed by atoms with Crippen molar-refractivity contribution in [3.63, 3.8) is 0 Å². The molecule has 0 heterocycles. The van der Waals surface area contributed by atoms with Crippen LogP contribution in [0.25, 0.3) is 0 Å². The maximum Gasteiger partial charge on any atom is 0.318 e. The molecule has 0 fully saturated rings. The minimum Gasteiger partial charge on any atom is -0.480 e. The lowest BCUT2D eigenvalue weighted by molar-refractivity contribution is -0.385. The highest BCUT2D eigenvalue weighted by atomic mass is 32.2. The lowest BCUT2D eigenvalue weighted by Crippen LogP contribution is -2.35. The van der Waals surface area contributed by atoms with Crippen LogP contribution in [0.3, 0.4) is 0 Å². The summed E-state index contributed by atoms with van der Waals surface area (Å²) in [6, 6.07) is 3.34. The van der Waals surface area contributed by atoms with Gasteiger partial charge in [-0.25, -0.2) is 8.42 Å². The number of likely N-dealkylation sites (N-methyl/N-ethyl adjacent to an activating group) is 1. The average molecular weight is 302 g/mol. The van der Waals surface area contributed by atoms with E-state index in [1.54, 1.807) is 0 Å². The molecule has 0 unspecified atom stereocenters. The summed E-state index contributed by atoms with van der Waals surface area (Å²) in [5, 5.41) is 19.3. The number of nitro benzene ring substituents is 1. The molecule has 1 aromatic carbocycles. The number of carbonyl (C=O) groups is 1. The third kappa shape index (κ3) is 3.31. The van der Waals surface area contributed by atoms with E-state index < -0.39 is 27.5 Å². The van der Waals surface area contributed by atoms with Gasteiger partial charge in [-0.05, 0) is 18.6 Å². The zero-order chi connectivity index (χ0) is 15.5. The Morgan fingerprint density at radius 1 is 1.45 bits per heavy atom. The Bertz CT molecular complexity index is 640. The molecule has 0 aliphatic heterocycles. The van der Waals surface area contributed by atoms with E-state index >= 15 is 0 Å². The molecule has 0 radical (unpaired) electrons. The SMILES string of the molecule is CCN(CC(=O)O)S(=O)(=O)c1ccc([N+](=O)[O-])cc1C. The van der Waals surface area contributed by atoms with Gasteiger partial charge in [0.25, 0.3) is 5.69 Å². The summed E-state index contributed by atoms with van der Waals surface area (Å²) in [6.07, 6.45) is 0. The van der Waals surface area contributed by atoms with E-state index in [4.69, 9.17) is 5.11 Å². The lowest BCUT2D eigenvalue weighted by atomic mass is 10.2. The summed E-state index contributed by atoms with van der Waals surface area (Å²) >= 11 is 0. The van der Waals surface area contributed by atoms with Crippen LogP contribution in [0.4, 0.5) is 5.69 Å². The number of benzene rings is 1. The summed E-state index contributed by atoms with van der Waals surface area (Å²) in [5.41, 5.74) is -0.0224. The number of carboxylic acids is 1. The summed E-state index contributed by atoms with van der Waals surface area (Å²) in [5.74, 6) is -1.27. The van der Waals surface area contributed by atoms with Crippen molar-refractivity contribution in [3.05, 3.63) is 33.9 Å². The fourth-order valence-electron chi connectivity index (χ4n) is 1.69. The highest BCUT2D eigenvalue weighted by molar-refractivity contribution is 7.89. The van der Waals surface area contributed by atoms with Gasteiger partial charge in [-0.15, -0.1) is 0 Å². The number of aliphatic carboxylic acids is 1. The summed E-state index contributed by atoms with van der Waals surface area (Å²) in [7, 11) is -3.99. The quantitative estimate of drug-likeness (QED) is 0.618. The molecule has 1 aromatic rings. The Hall–Kier alpha value is -2.00. The van der Waals surface area contributed by atoms with Gasteiger partial charge < -0.3 is 5.11 Å². The topological polar surface area (TPSA) is 118 Å². The number of aryl methyl sites for hydroxylation is 1. The highest BCUT2D eigenvalue weighted by Crippen LogP contribution is 2.23. The van der Waals surface area contributed by atoms with E-state index in [2.05, 4.69) is 0 Å². The standard InChI is InChI=1S/C11H14N2O6S/c1-3-12(7-11(14)15)20(18,19)10-5-4-9(13(16)17)6-8(10)2/h4-6H,3,7H2,1-2H3,(H,14,15). The second-order valence-electron chi connectivity index (χ2n) is 4.03. The van der Waals surface area contributed by atoms with Gasteiger partial charge in [-0.1, -0.05) is 6.92 Å². The second-order valence-corrected chi connectivity index (χ2v) is 5.94. The predicted octanol–water partition coefficient (Wildman–Crippen LogP) is 0.998. The van der Waals surface area contributed by atoms with Crippen molar-refractivity contribution in [1.29, 1.82) is 0 Å². The predicted molar refractivity (Wildman–Crippen MR) is 69.9 cm³/mol. The van der Waals surface area contributed by atoms with E-state index in [-0.39, 0.29) is 22.7 Å². The maximum atomic E-state index is 12.3. The van der Waals surface area contributed by atoms with Crippen LogP contribution in [-0.4, -0.2) is 41.8 Å². The van der Waals surface area contributed by atoms with Gasteiger partial charge in [0.1, 0.15) is 6.54 Å². The molecule has 1 rings (SSSR count). The third-order valence-electron chi connectivity index (χ3n) is 2.65. The largest absolute Gasteiger partial charge is 0.480 e. The van der Waals surface area contributed by atoms with E-state index in [9.17, 15) is 23.3 Å². The van der Waals surface area contributed by atoms with Crippen molar-refractivity contribution in [2.24, 2.45) is 0 Å². The zero-order valence-electron chi connectivity index (χ0n) is 10.9. The molecule has 0 bridgehead atoms. The Kier molecular flexibility index (Phi) is 4.79. The second kappa shape index (κ2) is 5.97. The third-order valence-corrected chi connectivity index (χ3v) is 4.73. The van der Waals surface area contributed by atoms with E-state index in [1.807, 2.05) is 0 Å². The molecule has 0 aromatic heterocycles. The zero-order valence-corrected chi connectivity index (χ0v) is 11.8. The van der Waals surface area contributed by atoms with Crippen LogP contribution in [0.15, 0.2) is 23.1 Å². The molecule has 0 spiro atoms. The minimum absolute atomic E-state index is 0.00887. The molecule has 0 aliphatic rings. The molecule has 110 valence electrons. The molecular weight excluding hydrogens is 288 g/mol. The summed E-state index contributed by atoms with van der Waals surface area (Å²) in [4.78, 5) is 20.5. The van der Waals surface area contributed by atoms with Crippen LogP contribution < -0.4 is 0 Å². The normalized spacial score (nSPS) is 11.6. The molecular formula is C11H14N2O6S. The van der Waals surface area contributed by atoms with Gasteiger partial charge in [0.15, 0.2) is 0 Å². The first-order chi connectivity index (χ1) is 9.20. The van der Waals surface area contributed by atoms with Gasteiger partial charge in [0.05, 0.1) is 9.82 Å². The van der Waals surface area contributed by atoms with Crippen LogP contribution in [0.2, 0.25) is 0 Å². The van der Waals surface area contributed by atoms with Crippen molar-refractivity contribution < 1.29 is 23.2 Å². The molecule has 0 saturated carbocycles. The van der Waals surface area contributed by atoms with Crippen molar-refractivity contribution in [2.45, 2.75) is 18.7 Å². The summed E-state index contributed by atoms with van der Waals surface area (Å²) in [6.45, 7) is 2.27. The molecule has 8 nitrogen and oxygen atoms in total. The van der Waals surface area contributed by atoms with Crippen LogP contribution in [0.1, 0.15) is 12.5 Å². The van der Waals surface area contributed by atoms with Gasteiger partial charge >= 0.3 is 5.97 Å². The first-order valence-corrected chi connectivity index (χ1v) is 7.11. The number of hydrogen-bond donors (Lipinski definition) is 1. The Labute approximate surface area is 115 Å². The molecule has 0 aliphatic carbocycles. The summed E-state index contributed by atoms with van der Waals surface area (Å²) < 4.78 is 25.4. The number of carboxylic acid groups (broad SMARTS) is 1. The fourth-order valence-corrected chi connectivity index (χ4v) is 3.30. The van der Waals surface area contributed by atoms with Crippen molar-refractivity contribution in [3.8, 4) is 0 Å². The Morgan fingerprint density at radius 2 is 2.05 bits per heavy atom. The molecule has 0 atom stereocenters. The van der Waals surface area contributed by atoms with Gasteiger partial charge in [0.2, 0.25) is 10.0 Å². The van der Waals surface area contributed by atoms with E-state index in [0.29, 0.717) is 0 Å². The molecule has 1 N–H and O–H groups in total. The lowest BCUT2D eigenvalue weighted by Gasteiger charge is -2.19. The Balaban J connectivity index is 3.27.